The zero-order chi connectivity index (χ0) is 26.7. The first-order valence-electron chi connectivity index (χ1n) is 12.4. The highest BCUT2D eigenvalue weighted by Crippen LogP contribution is 2.44. The average Bonchev–Trinajstić information content (AvgIpc) is 3.59. The predicted molar refractivity (Wildman–Crippen MR) is 136 cm³/mol. The molecule has 1 N–H and O–H groups in total. The lowest BCUT2D eigenvalue weighted by molar-refractivity contribution is -0.141. The number of imidazole rings is 1. The summed E-state index contributed by atoms with van der Waals surface area (Å²) in [5.74, 6) is 1.73. The Morgan fingerprint density at radius 1 is 1.11 bits per heavy atom. The van der Waals surface area contributed by atoms with Crippen LogP contribution in [0.4, 0.5) is 19.0 Å². The molecule has 0 bridgehead atoms. The van der Waals surface area contributed by atoms with E-state index in [4.69, 9.17) is 21.3 Å². The van der Waals surface area contributed by atoms with Gasteiger partial charge >= 0.3 is 6.18 Å². The Morgan fingerprint density at radius 2 is 1.87 bits per heavy atom. The summed E-state index contributed by atoms with van der Waals surface area (Å²) in [5.41, 5.74) is -1.41. The third-order valence-corrected chi connectivity index (χ3v) is 7.63. The van der Waals surface area contributed by atoms with Gasteiger partial charge < -0.3 is 19.3 Å². The van der Waals surface area contributed by atoms with Crippen LogP contribution in [0.3, 0.4) is 0 Å². The fourth-order valence-corrected chi connectivity index (χ4v) is 5.01. The Balaban J connectivity index is 1.50. The van der Waals surface area contributed by atoms with Crippen molar-refractivity contribution in [3.05, 3.63) is 76.6 Å². The van der Waals surface area contributed by atoms with Crippen LogP contribution in [-0.4, -0.2) is 44.3 Å². The summed E-state index contributed by atoms with van der Waals surface area (Å²) in [5, 5.41) is 13.2. The van der Waals surface area contributed by atoms with Gasteiger partial charge in [0.25, 0.3) is 0 Å². The van der Waals surface area contributed by atoms with Gasteiger partial charge in [0, 0.05) is 37.3 Å². The van der Waals surface area contributed by atoms with Gasteiger partial charge in [0.1, 0.15) is 5.69 Å². The van der Waals surface area contributed by atoms with Crippen molar-refractivity contribution in [2.45, 2.75) is 31.0 Å². The molecule has 4 aromatic rings. The second kappa shape index (κ2) is 9.13. The van der Waals surface area contributed by atoms with Crippen molar-refractivity contribution in [2.75, 3.05) is 24.6 Å². The van der Waals surface area contributed by atoms with Gasteiger partial charge in [0.15, 0.2) is 17.2 Å². The number of benzene rings is 1. The van der Waals surface area contributed by atoms with Gasteiger partial charge in [-0.05, 0) is 48.9 Å². The Morgan fingerprint density at radius 3 is 2.45 bits per heavy atom. The number of ether oxygens (including phenoxy) is 1. The minimum Gasteiger partial charge on any atom is -0.488 e. The zero-order valence-corrected chi connectivity index (χ0v) is 21.3. The maximum Gasteiger partial charge on any atom is 0.433 e. The van der Waals surface area contributed by atoms with Crippen molar-refractivity contribution < 1.29 is 23.0 Å². The van der Waals surface area contributed by atoms with Crippen LogP contribution < -0.4 is 9.64 Å². The molecule has 1 aliphatic carbocycles. The van der Waals surface area contributed by atoms with Gasteiger partial charge in [-0.1, -0.05) is 23.7 Å². The molecule has 0 unspecified atom stereocenters. The molecule has 0 radical (unpaired) electrons. The van der Waals surface area contributed by atoms with Crippen LogP contribution in [0.15, 0.2) is 49.1 Å². The summed E-state index contributed by atoms with van der Waals surface area (Å²) < 4.78 is 47.4. The summed E-state index contributed by atoms with van der Waals surface area (Å²) >= 11 is 6.94. The number of anilines is 1. The molecule has 11 heteroatoms. The van der Waals surface area contributed by atoms with E-state index in [0.29, 0.717) is 51.3 Å². The summed E-state index contributed by atoms with van der Waals surface area (Å²) in [6, 6.07) is 7.24. The van der Waals surface area contributed by atoms with E-state index in [9.17, 15) is 18.3 Å². The molecule has 38 heavy (non-hydrogen) atoms. The highest BCUT2D eigenvalue weighted by Gasteiger charge is 2.39. The van der Waals surface area contributed by atoms with Crippen molar-refractivity contribution in [1.82, 2.24) is 19.5 Å². The number of aliphatic hydroxyl groups is 1. The topological polar surface area (TPSA) is 76.3 Å². The standard InChI is InChI=1S/C27H25ClF3N5O2/c1-35-15-32-13-22(35)26(37,18-6-8-21(33-12-18)27(29,30)31)17-5-7-20-19(11-17)23(28)24(38-14-16-3-4-16)25(34-20)36-9-2-10-36/h5-8,11-13,15-16,37H,2-4,9-10,14H2,1H3/t26-/m1/s1. The van der Waals surface area contributed by atoms with Crippen molar-refractivity contribution >= 4 is 28.3 Å². The number of pyridine rings is 2. The largest absolute Gasteiger partial charge is 0.488 e. The Kier molecular flexibility index (Phi) is 5.99. The molecule has 6 rings (SSSR count). The lowest BCUT2D eigenvalue weighted by atomic mass is 9.83. The smallest absolute Gasteiger partial charge is 0.433 e. The van der Waals surface area contributed by atoms with Crippen LogP contribution >= 0.6 is 11.6 Å². The Hall–Kier alpha value is -3.37. The average molecular weight is 544 g/mol. The molecule has 1 aromatic carbocycles. The van der Waals surface area contributed by atoms with Crippen molar-refractivity contribution in [3.63, 3.8) is 0 Å². The van der Waals surface area contributed by atoms with E-state index in [0.717, 1.165) is 44.6 Å². The Bertz CT molecular complexity index is 1500. The van der Waals surface area contributed by atoms with E-state index < -0.39 is 17.5 Å². The van der Waals surface area contributed by atoms with E-state index in [1.807, 2.05) is 0 Å². The van der Waals surface area contributed by atoms with Crippen molar-refractivity contribution in [2.24, 2.45) is 13.0 Å². The van der Waals surface area contributed by atoms with Crippen LogP contribution in [0.1, 0.15) is 41.8 Å². The summed E-state index contributed by atoms with van der Waals surface area (Å²) in [7, 11) is 1.70. The highest BCUT2D eigenvalue weighted by atomic mass is 35.5. The monoisotopic (exact) mass is 543 g/mol. The van der Waals surface area contributed by atoms with Crippen LogP contribution in [0.25, 0.3) is 10.9 Å². The van der Waals surface area contributed by atoms with Gasteiger partial charge in [-0.15, -0.1) is 0 Å². The molecular formula is C27H25ClF3N5O2. The van der Waals surface area contributed by atoms with E-state index >= 15 is 0 Å². The van der Waals surface area contributed by atoms with Gasteiger partial charge in [-0.25, -0.2) is 9.97 Å². The van der Waals surface area contributed by atoms with E-state index in [2.05, 4.69) is 14.9 Å². The number of nitrogens with zero attached hydrogens (tertiary/aromatic N) is 5. The SMILES string of the molecule is Cn1cncc1[C@](O)(c1ccc(C(F)(F)F)nc1)c1ccc2nc(N3CCC3)c(OCC3CC3)c(Cl)c2c1. The molecule has 2 aliphatic rings. The number of rotatable bonds is 7. The molecule has 4 heterocycles. The number of aryl methyl sites for hydroxylation is 1. The van der Waals surface area contributed by atoms with E-state index in [1.54, 1.807) is 29.8 Å². The fraction of sp³-hybridized carbons (Fsp3) is 0.370. The van der Waals surface area contributed by atoms with E-state index in [1.165, 1.54) is 18.6 Å². The lowest BCUT2D eigenvalue weighted by Gasteiger charge is -2.34. The van der Waals surface area contributed by atoms with Crippen LogP contribution in [-0.2, 0) is 18.8 Å². The molecule has 1 saturated heterocycles. The number of aromatic nitrogens is 4. The second-order valence-corrected chi connectivity index (χ2v) is 10.3. The maximum atomic E-state index is 13.2. The van der Waals surface area contributed by atoms with Crippen LogP contribution in [0.5, 0.6) is 5.75 Å². The normalized spacial score (nSPS) is 17.4. The molecule has 2 fully saturated rings. The minimum atomic E-state index is -4.60. The third-order valence-electron chi connectivity index (χ3n) is 7.25. The molecule has 3 aromatic heterocycles. The van der Waals surface area contributed by atoms with Crippen LogP contribution in [0.2, 0.25) is 5.02 Å². The van der Waals surface area contributed by atoms with Gasteiger partial charge in [0.2, 0.25) is 0 Å². The molecule has 0 amide bonds. The molecule has 1 atom stereocenters. The maximum absolute atomic E-state index is 13.2. The molecule has 0 spiro atoms. The summed E-state index contributed by atoms with van der Waals surface area (Å²) in [6.45, 7) is 2.30. The first-order valence-corrected chi connectivity index (χ1v) is 12.8. The highest BCUT2D eigenvalue weighted by molar-refractivity contribution is 6.37. The lowest BCUT2D eigenvalue weighted by Crippen LogP contribution is -2.38. The molecular weight excluding hydrogens is 519 g/mol. The summed E-state index contributed by atoms with van der Waals surface area (Å²) in [4.78, 5) is 14.7. The number of hydrogen-bond acceptors (Lipinski definition) is 6. The second-order valence-electron chi connectivity index (χ2n) is 9.94. The number of hydrogen-bond donors (Lipinski definition) is 1. The summed E-state index contributed by atoms with van der Waals surface area (Å²) in [6.07, 6.45) is 2.74. The quantitative estimate of drug-likeness (QED) is 0.340. The van der Waals surface area contributed by atoms with Gasteiger partial charge in [-0.2, -0.15) is 13.2 Å². The van der Waals surface area contributed by atoms with Gasteiger partial charge in [-0.3, -0.25) is 4.98 Å². The number of alkyl halides is 3. The number of halogens is 4. The first kappa shape index (κ1) is 24.9. The minimum absolute atomic E-state index is 0.153. The number of fused-ring (bicyclic) bond motifs is 1. The molecule has 1 aliphatic heterocycles. The predicted octanol–water partition coefficient (Wildman–Crippen LogP) is 5.32. The third kappa shape index (κ3) is 4.25. The first-order chi connectivity index (χ1) is 18.2. The van der Waals surface area contributed by atoms with E-state index in [-0.39, 0.29) is 5.56 Å². The van der Waals surface area contributed by atoms with Crippen LogP contribution in [0, 0.1) is 5.92 Å². The molecule has 1 saturated carbocycles. The molecule has 198 valence electrons. The van der Waals surface area contributed by atoms with Gasteiger partial charge in [0.05, 0.1) is 35.4 Å². The van der Waals surface area contributed by atoms with Crippen molar-refractivity contribution in [3.8, 4) is 5.75 Å². The zero-order valence-electron chi connectivity index (χ0n) is 20.5. The Labute approximate surface area is 221 Å². The van der Waals surface area contributed by atoms with Crippen molar-refractivity contribution in [1.29, 1.82) is 0 Å². The fourth-order valence-electron chi connectivity index (χ4n) is 4.72. The molecule has 7 nitrogen and oxygen atoms in total.